The van der Waals surface area contributed by atoms with Crippen molar-refractivity contribution in [1.29, 1.82) is 0 Å². The predicted octanol–water partition coefficient (Wildman–Crippen LogP) is 6.51. The topological polar surface area (TPSA) is 100 Å². The molecule has 0 bridgehead atoms. The van der Waals surface area contributed by atoms with Crippen molar-refractivity contribution in [3.8, 4) is 16.9 Å². The number of likely N-dealkylation sites (tertiary alicyclic amines) is 1. The van der Waals surface area contributed by atoms with Gasteiger partial charge in [-0.1, -0.05) is 29.8 Å². The van der Waals surface area contributed by atoms with E-state index in [4.69, 9.17) is 26.2 Å². The number of halogens is 4. The molecule has 1 saturated heterocycles. The molecule has 210 valence electrons. The van der Waals surface area contributed by atoms with Gasteiger partial charge < -0.3 is 15.2 Å². The summed E-state index contributed by atoms with van der Waals surface area (Å²) in [5, 5.41) is 19.7. The van der Waals surface area contributed by atoms with Gasteiger partial charge in [-0.05, 0) is 86.4 Å². The Bertz CT molecular complexity index is 1460. The number of fused-ring (bicyclic) bond motifs is 1. The Hall–Kier alpha value is -3.96. The van der Waals surface area contributed by atoms with E-state index in [-0.39, 0.29) is 0 Å². The lowest BCUT2D eigenvalue weighted by molar-refractivity contribution is -0.192. The second-order valence-corrected chi connectivity index (χ2v) is 9.53. The molecule has 0 amide bonds. The maximum atomic E-state index is 10.6. The maximum Gasteiger partial charge on any atom is 0.490 e. The van der Waals surface area contributed by atoms with Crippen molar-refractivity contribution >= 4 is 40.2 Å². The third-order valence-corrected chi connectivity index (χ3v) is 6.49. The average Bonchev–Trinajstić information content (AvgIpc) is 3.44. The Morgan fingerprint density at radius 3 is 2.40 bits per heavy atom. The highest BCUT2D eigenvalue weighted by Gasteiger charge is 2.38. The predicted molar refractivity (Wildman–Crippen MR) is 147 cm³/mol. The minimum Gasteiger partial charge on any atom is -0.492 e. The Morgan fingerprint density at radius 1 is 1.07 bits per heavy atom. The van der Waals surface area contributed by atoms with Crippen LogP contribution >= 0.6 is 11.6 Å². The third-order valence-electron chi connectivity index (χ3n) is 6.16. The highest BCUT2D eigenvalue weighted by atomic mass is 35.5. The van der Waals surface area contributed by atoms with Gasteiger partial charge in [-0.15, -0.1) is 10.2 Å². The maximum absolute atomic E-state index is 10.6. The Kier molecular flexibility index (Phi) is 9.38. The fraction of sp³-hybridized carbons (Fsp3) is 0.286. The number of hydrogen-bond acceptors (Lipinski definition) is 7. The van der Waals surface area contributed by atoms with Gasteiger partial charge in [0.05, 0.1) is 5.52 Å². The lowest BCUT2D eigenvalue weighted by Crippen LogP contribution is -2.25. The zero-order valence-corrected chi connectivity index (χ0v) is 22.3. The lowest BCUT2D eigenvalue weighted by atomic mass is 10.0. The molecule has 1 aliphatic rings. The second-order valence-electron chi connectivity index (χ2n) is 9.13. The molecule has 5 rings (SSSR count). The first-order valence-electron chi connectivity index (χ1n) is 12.5. The molecule has 40 heavy (non-hydrogen) atoms. The van der Waals surface area contributed by atoms with Crippen LogP contribution in [0.5, 0.6) is 5.75 Å². The number of hydrogen-bond donors (Lipinski definition) is 2. The quantitative estimate of drug-likeness (QED) is 0.258. The smallest absolute Gasteiger partial charge is 0.490 e. The number of ether oxygens (including phenoxy) is 1. The van der Waals surface area contributed by atoms with Crippen molar-refractivity contribution in [3.05, 3.63) is 71.2 Å². The average molecular weight is 574 g/mol. The highest BCUT2D eigenvalue weighted by Crippen LogP contribution is 2.31. The van der Waals surface area contributed by atoms with Crippen LogP contribution in [0.3, 0.4) is 0 Å². The first-order valence-corrected chi connectivity index (χ1v) is 12.9. The van der Waals surface area contributed by atoms with E-state index in [1.165, 1.54) is 25.9 Å². The van der Waals surface area contributed by atoms with Gasteiger partial charge in [0.15, 0.2) is 0 Å². The van der Waals surface area contributed by atoms with Crippen molar-refractivity contribution in [3.63, 3.8) is 0 Å². The summed E-state index contributed by atoms with van der Waals surface area (Å²) in [7, 11) is 0. The molecule has 1 fully saturated rings. The number of rotatable bonds is 7. The number of aliphatic carboxylic acids is 1. The molecule has 0 saturated carbocycles. The molecule has 0 aliphatic carbocycles. The van der Waals surface area contributed by atoms with Crippen LogP contribution in [0.4, 0.5) is 24.8 Å². The molecule has 0 spiro atoms. The van der Waals surface area contributed by atoms with Crippen LogP contribution in [0, 0.1) is 6.92 Å². The number of aromatic nitrogens is 3. The van der Waals surface area contributed by atoms with Gasteiger partial charge in [0.1, 0.15) is 17.9 Å². The van der Waals surface area contributed by atoms with Crippen molar-refractivity contribution in [2.45, 2.75) is 25.9 Å². The van der Waals surface area contributed by atoms with Crippen LogP contribution in [0.2, 0.25) is 5.02 Å². The van der Waals surface area contributed by atoms with Gasteiger partial charge in [0.25, 0.3) is 0 Å². The molecule has 4 aromatic rings. The van der Waals surface area contributed by atoms with Gasteiger partial charge in [-0.2, -0.15) is 13.2 Å². The summed E-state index contributed by atoms with van der Waals surface area (Å²) in [5.41, 5.74) is 5.41. The van der Waals surface area contributed by atoms with Gasteiger partial charge in [-0.3, -0.25) is 4.90 Å². The molecule has 3 aromatic carbocycles. The Balaban J connectivity index is 0.000000470. The van der Waals surface area contributed by atoms with Crippen LogP contribution in [0.15, 0.2) is 60.7 Å². The standard InChI is InChI=1S/C26H26ClN5O.C2HF3O2/c1-18-16-19(22-6-2-3-7-23(22)27)17-24-25(18)29-26(31-30-24)28-20-8-10-21(11-9-20)33-15-14-32-12-4-5-13-32;3-2(4,5)1(6)7/h2-3,6-11,16-17H,4-5,12-15H2,1H3,(H,28,29,31);(H,6,7). The molecule has 0 radical (unpaired) electrons. The fourth-order valence-electron chi connectivity index (χ4n) is 4.18. The fourth-order valence-corrected chi connectivity index (χ4v) is 4.42. The van der Waals surface area contributed by atoms with E-state index in [0.717, 1.165) is 45.7 Å². The van der Waals surface area contributed by atoms with Gasteiger partial charge in [-0.25, -0.2) is 9.78 Å². The molecule has 2 N–H and O–H groups in total. The monoisotopic (exact) mass is 573 g/mol. The number of carbonyl (C=O) groups is 1. The Morgan fingerprint density at radius 2 is 1.75 bits per heavy atom. The summed E-state index contributed by atoms with van der Waals surface area (Å²) in [5.74, 6) is -1.44. The lowest BCUT2D eigenvalue weighted by Gasteiger charge is -2.15. The van der Waals surface area contributed by atoms with Crippen LogP contribution < -0.4 is 10.1 Å². The van der Waals surface area contributed by atoms with Gasteiger partial charge >= 0.3 is 12.1 Å². The molecule has 1 aliphatic heterocycles. The minimum absolute atomic E-state index is 0.457. The molecule has 8 nitrogen and oxygen atoms in total. The zero-order chi connectivity index (χ0) is 28.7. The highest BCUT2D eigenvalue weighted by molar-refractivity contribution is 6.33. The van der Waals surface area contributed by atoms with Crippen molar-refractivity contribution in [2.24, 2.45) is 0 Å². The van der Waals surface area contributed by atoms with Gasteiger partial charge in [0, 0.05) is 22.8 Å². The van der Waals surface area contributed by atoms with E-state index in [9.17, 15) is 13.2 Å². The first-order chi connectivity index (χ1) is 19.1. The van der Waals surface area contributed by atoms with Gasteiger partial charge in [0.2, 0.25) is 5.95 Å². The van der Waals surface area contributed by atoms with E-state index in [1.54, 1.807) is 0 Å². The number of carboxylic acids is 1. The van der Waals surface area contributed by atoms with Crippen LogP contribution in [-0.2, 0) is 4.79 Å². The molecule has 1 aromatic heterocycles. The van der Waals surface area contributed by atoms with Crippen LogP contribution in [-0.4, -0.2) is 63.6 Å². The summed E-state index contributed by atoms with van der Waals surface area (Å²) in [6.45, 7) is 6.09. The SMILES string of the molecule is Cc1cc(-c2ccccc2Cl)cc2nnc(Nc3ccc(OCCN4CCCC4)cc3)nc12.O=C(O)C(F)(F)F. The number of benzene rings is 3. The Labute approximate surface area is 233 Å². The van der Waals surface area contributed by atoms with E-state index in [0.29, 0.717) is 17.6 Å². The second kappa shape index (κ2) is 12.9. The zero-order valence-electron chi connectivity index (χ0n) is 21.6. The van der Waals surface area contributed by atoms with Crippen molar-refractivity contribution in [2.75, 3.05) is 31.6 Å². The molecule has 12 heteroatoms. The number of nitrogens with zero attached hydrogens (tertiary/aromatic N) is 4. The van der Waals surface area contributed by atoms with Crippen molar-refractivity contribution < 1.29 is 27.8 Å². The van der Waals surface area contributed by atoms with Crippen LogP contribution in [0.25, 0.3) is 22.2 Å². The number of carboxylic acid groups (broad SMARTS) is 1. The molecular weight excluding hydrogens is 547 g/mol. The van der Waals surface area contributed by atoms with E-state index >= 15 is 0 Å². The van der Waals surface area contributed by atoms with Crippen LogP contribution in [0.1, 0.15) is 18.4 Å². The summed E-state index contributed by atoms with van der Waals surface area (Å²) in [6, 6.07) is 19.7. The summed E-state index contributed by atoms with van der Waals surface area (Å²) < 4.78 is 37.6. The number of alkyl halides is 3. The first kappa shape index (κ1) is 29.0. The normalized spacial score (nSPS) is 13.5. The number of aryl methyl sites for hydroxylation is 1. The summed E-state index contributed by atoms with van der Waals surface area (Å²) >= 11 is 6.37. The molecule has 0 atom stereocenters. The van der Waals surface area contributed by atoms with E-state index in [1.807, 2.05) is 61.5 Å². The molecular formula is C28H27ClF3N5O3. The summed E-state index contributed by atoms with van der Waals surface area (Å²) in [6.07, 6.45) is -2.48. The minimum atomic E-state index is -5.08. The number of nitrogens with one attached hydrogen (secondary N) is 1. The third kappa shape index (κ3) is 7.80. The molecule has 0 unspecified atom stereocenters. The van der Waals surface area contributed by atoms with Crippen molar-refractivity contribution in [1.82, 2.24) is 20.1 Å². The largest absolute Gasteiger partial charge is 0.492 e. The summed E-state index contributed by atoms with van der Waals surface area (Å²) in [4.78, 5) is 16.0. The molecule has 2 heterocycles. The van der Waals surface area contributed by atoms with E-state index < -0.39 is 12.1 Å². The van der Waals surface area contributed by atoms with E-state index in [2.05, 4.69) is 31.5 Å². The number of anilines is 2.